The lowest BCUT2D eigenvalue weighted by molar-refractivity contribution is 0.0460. The van der Waals surface area contributed by atoms with E-state index >= 15 is 0 Å². The fourth-order valence-electron chi connectivity index (χ4n) is 2.03. The smallest absolute Gasteiger partial charge is 0.144 e. The van der Waals surface area contributed by atoms with Crippen molar-refractivity contribution < 1.29 is 14.6 Å². The highest BCUT2D eigenvalue weighted by molar-refractivity contribution is 6.30. The van der Waals surface area contributed by atoms with Gasteiger partial charge in [-0.2, -0.15) is 0 Å². The third-order valence-electron chi connectivity index (χ3n) is 3.05. The molecule has 0 amide bonds. The molecule has 0 spiro atoms. The maximum Gasteiger partial charge on any atom is 0.144 e. The van der Waals surface area contributed by atoms with Gasteiger partial charge in [0.1, 0.15) is 5.82 Å². The van der Waals surface area contributed by atoms with E-state index in [-0.39, 0.29) is 18.2 Å². The first-order valence-electron chi connectivity index (χ1n) is 5.73. The van der Waals surface area contributed by atoms with E-state index in [0.29, 0.717) is 18.4 Å². The minimum atomic E-state index is -0.666. The van der Waals surface area contributed by atoms with Crippen molar-refractivity contribution in [3.05, 3.63) is 34.6 Å². The van der Waals surface area contributed by atoms with Gasteiger partial charge in [0.15, 0.2) is 0 Å². The van der Waals surface area contributed by atoms with Crippen LogP contribution in [0.4, 0.5) is 4.39 Å². The second kappa shape index (κ2) is 6.34. The van der Waals surface area contributed by atoms with Crippen LogP contribution in [0.1, 0.15) is 25.3 Å². The number of halogens is 2. The molecular weight excluding hydrogens is 243 g/mol. The van der Waals surface area contributed by atoms with E-state index in [1.165, 1.54) is 6.07 Å². The topological polar surface area (TPSA) is 40.5 Å². The molecule has 4 heteroatoms. The van der Waals surface area contributed by atoms with E-state index < -0.39 is 11.2 Å². The predicted molar refractivity (Wildman–Crippen MR) is 66.6 cm³/mol. The third kappa shape index (κ3) is 3.41. The van der Waals surface area contributed by atoms with Crippen LogP contribution in [-0.4, -0.2) is 23.4 Å². The summed E-state index contributed by atoms with van der Waals surface area (Å²) in [5.41, 5.74) is -0.227. The van der Waals surface area contributed by atoms with Gasteiger partial charge in [0.05, 0.1) is 18.2 Å². The van der Waals surface area contributed by atoms with Crippen LogP contribution < -0.4 is 0 Å². The van der Waals surface area contributed by atoms with Crippen molar-refractivity contribution in [2.45, 2.75) is 26.2 Å². The lowest BCUT2D eigenvalue weighted by atomic mass is 9.79. The Kier molecular flexibility index (Phi) is 5.37. The van der Waals surface area contributed by atoms with E-state index in [4.69, 9.17) is 11.6 Å². The molecule has 0 aliphatic heterocycles. The van der Waals surface area contributed by atoms with E-state index in [0.717, 1.165) is 6.42 Å². The Morgan fingerprint density at radius 3 is 2.47 bits per heavy atom. The highest BCUT2D eigenvalue weighted by Crippen LogP contribution is 2.30. The highest BCUT2D eigenvalue weighted by Gasteiger charge is 2.29. The first-order chi connectivity index (χ1) is 8.08. The molecule has 0 bridgehead atoms. The standard InChI is InChI=1S/C13H18ClFO2/c1-2-6-13(8-16,9-17)7-10-4-3-5-11(14)12(10)15/h3-5,16-17H,2,6-9H2,1H3. The van der Waals surface area contributed by atoms with Crippen molar-refractivity contribution in [2.24, 2.45) is 5.41 Å². The van der Waals surface area contributed by atoms with Crippen molar-refractivity contribution >= 4 is 11.6 Å². The Morgan fingerprint density at radius 2 is 1.94 bits per heavy atom. The number of benzene rings is 1. The third-order valence-corrected chi connectivity index (χ3v) is 3.34. The quantitative estimate of drug-likeness (QED) is 0.826. The summed E-state index contributed by atoms with van der Waals surface area (Å²) in [5, 5.41) is 18.9. The molecule has 0 aliphatic rings. The molecule has 17 heavy (non-hydrogen) atoms. The Morgan fingerprint density at radius 1 is 1.29 bits per heavy atom. The Balaban J connectivity index is 2.97. The van der Waals surface area contributed by atoms with Crippen molar-refractivity contribution in [1.29, 1.82) is 0 Å². The predicted octanol–water partition coefficient (Wildman–Crippen LogP) is 2.79. The van der Waals surface area contributed by atoms with Gasteiger partial charge in [0.2, 0.25) is 0 Å². The molecule has 2 N–H and O–H groups in total. The number of aliphatic hydroxyl groups is 2. The SMILES string of the molecule is CCCC(CO)(CO)Cc1cccc(Cl)c1F. The minimum Gasteiger partial charge on any atom is -0.396 e. The molecule has 96 valence electrons. The molecule has 1 aromatic rings. The molecule has 0 fully saturated rings. The molecule has 0 radical (unpaired) electrons. The van der Waals surface area contributed by atoms with Gasteiger partial charge in [-0.05, 0) is 24.5 Å². The normalized spacial score (nSPS) is 11.8. The summed E-state index contributed by atoms with van der Waals surface area (Å²) in [6.45, 7) is 1.64. The van der Waals surface area contributed by atoms with E-state index in [1.54, 1.807) is 12.1 Å². The summed E-state index contributed by atoms with van der Waals surface area (Å²) in [6.07, 6.45) is 1.76. The molecule has 0 heterocycles. The van der Waals surface area contributed by atoms with Crippen LogP contribution in [0.25, 0.3) is 0 Å². The highest BCUT2D eigenvalue weighted by atomic mass is 35.5. The zero-order valence-corrected chi connectivity index (χ0v) is 10.7. The lowest BCUT2D eigenvalue weighted by Gasteiger charge is -2.29. The minimum absolute atomic E-state index is 0.0729. The fraction of sp³-hybridized carbons (Fsp3) is 0.538. The van der Waals surface area contributed by atoms with Crippen LogP contribution >= 0.6 is 11.6 Å². The Labute approximate surface area is 106 Å². The van der Waals surface area contributed by atoms with Crippen LogP contribution in [0.2, 0.25) is 5.02 Å². The van der Waals surface area contributed by atoms with Crippen LogP contribution in [0.3, 0.4) is 0 Å². The lowest BCUT2D eigenvalue weighted by Crippen LogP contribution is -2.32. The number of hydrogen-bond donors (Lipinski definition) is 2. The van der Waals surface area contributed by atoms with Crippen molar-refractivity contribution in [3.8, 4) is 0 Å². The van der Waals surface area contributed by atoms with Gasteiger partial charge in [-0.3, -0.25) is 0 Å². The molecule has 0 aliphatic carbocycles. The van der Waals surface area contributed by atoms with E-state index in [9.17, 15) is 14.6 Å². The average molecular weight is 261 g/mol. The molecule has 0 atom stereocenters. The van der Waals surface area contributed by atoms with Crippen LogP contribution in [0.15, 0.2) is 18.2 Å². The van der Waals surface area contributed by atoms with Crippen LogP contribution in [0.5, 0.6) is 0 Å². The van der Waals surface area contributed by atoms with E-state index in [2.05, 4.69) is 0 Å². The van der Waals surface area contributed by atoms with Gasteiger partial charge in [-0.15, -0.1) is 0 Å². The largest absolute Gasteiger partial charge is 0.396 e. The summed E-state index contributed by atoms with van der Waals surface area (Å²) < 4.78 is 13.7. The number of hydrogen-bond acceptors (Lipinski definition) is 2. The van der Waals surface area contributed by atoms with Crippen LogP contribution in [-0.2, 0) is 6.42 Å². The molecule has 0 aromatic heterocycles. The van der Waals surface area contributed by atoms with Gasteiger partial charge < -0.3 is 10.2 Å². The van der Waals surface area contributed by atoms with Gasteiger partial charge in [-0.1, -0.05) is 37.1 Å². The molecule has 0 saturated heterocycles. The van der Waals surface area contributed by atoms with Gasteiger partial charge in [-0.25, -0.2) is 4.39 Å². The summed E-state index contributed by atoms with van der Waals surface area (Å²) in [6, 6.07) is 4.79. The Bertz CT molecular complexity index is 364. The van der Waals surface area contributed by atoms with Gasteiger partial charge in [0, 0.05) is 5.41 Å². The summed E-state index contributed by atoms with van der Waals surface area (Å²) in [7, 11) is 0. The Hall–Kier alpha value is -0.640. The maximum atomic E-state index is 13.7. The average Bonchev–Trinajstić information content (AvgIpc) is 2.34. The molecule has 2 nitrogen and oxygen atoms in total. The van der Waals surface area contributed by atoms with Crippen molar-refractivity contribution in [2.75, 3.05) is 13.2 Å². The zero-order chi connectivity index (χ0) is 12.9. The van der Waals surface area contributed by atoms with Crippen molar-refractivity contribution in [1.82, 2.24) is 0 Å². The summed E-state index contributed by atoms with van der Waals surface area (Å²) in [5.74, 6) is -0.462. The molecular formula is C13H18ClFO2. The number of rotatable bonds is 6. The summed E-state index contributed by atoms with van der Waals surface area (Å²) >= 11 is 5.71. The van der Waals surface area contributed by atoms with Gasteiger partial charge >= 0.3 is 0 Å². The molecule has 1 aromatic carbocycles. The van der Waals surface area contributed by atoms with Crippen molar-refractivity contribution in [3.63, 3.8) is 0 Å². The fourth-order valence-corrected chi connectivity index (χ4v) is 2.22. The zero-order valence-electron chi connectivity index (χ0n) is 9.92. The monoisotopic (exact) mass is 260 g/mol. The first-order valence-corrected chi connectivity index (χ1v) is 6.11. The second-order valence-electron chi connectivity index (χ2n) is 4.46. The second-order valence-corrected chi connectivity index (χ2v) is 4.86. The van der Waals surface area contributed by atoms with E-state index in [1.807, 2.05) is 6.92 Å². The maximum absolute atomic E-state index is 13.7. The summed E-state index contributed by atoms with van der Waals surface area (Å²) in [4.78, 5) is 0. The van der Waals surface area contributed by atoms with Gasteiger partial charge in [0.25, 0.3) is 0 Å². The van der Waals surface area contributed by atoms with Crippen LogP contribution in [0, 0.1) is 11.2 Å². The molecule has 1 rings (SSSR count). The number of aliphatic hydroxyl groups excluding tert-OH is 2. The molecule has 0 unspecified atom stereocenters. The molecule has 0 saturated carbocycles. The first kappa shape index (κ1) is 14.4.